The van der Waals surface area contributed by atoms with Crippen molar-refractivity contribution >= 4 is 0 Å². The van der Waals surface area contributed by atoms with Crippen LogP contribution in [0, 0.1) is 0 Å². The molecule has 0 fully saturated rings. The lowest BCUT2D eigenvalue weighted by molar-refractivity contribution is 0.239. The number of nitrogens with one attached hydrogen (secondary N) is 1. The first-order chi connectivity index (χ1) is 9.88. The minimum Gasteiger partial charge on any atom is -0.493 e. The number of para-hydroxylation sites is 1. The summed E-state index contributed by atoms with van der Waals surface area (Å²) in [6, 6.07) is 10.4. The van der Waals surface area contributed by atoms with Crippen molar-refractivity contribution in [2.75, 3.05) is 13.7 Å². The molecular weight excluding hydrogens is 252 g/mol. The Kier molecular flexibility index (Phi) is 3.83. The van der Waals surface area contributed by atoms with Gasteiger partial charge in [-0.1, -0.05) is 18.2 Å². The van der Waals surface area contributed by atoms with Gasteiger partial charge >= 0.3 is 0 Å². The van der Waals surface area contributed by atoms with Gasteiger partial charge in [-0.25, -0.2) is 0 Å². The van der Waals surface area contributed by atoms with Crippen molar-refractivity contribution in [3.63, 3.8) is 0 Å². The third-order valence-corrected chi connectivity index (χ3v) is 3.53. The van der Waals surface area contributed by atoms with Crippen molar-refractivity contribution in [1.29, 1.82) is 0 Å². The molecule has 1 aliphatic rings. The normalized spacial score (nSPS) is 17.1. The van der Waals surface area contributed by atoms with Crippen LogP contribution in [-0.4, -0.2) is 18.7 Å². The predicted molar refractivity (Wildman–Crippen MR) is 76.9 cm³/mol. The molecule has 4 nitrogen and oxygen atoms in total. The van der Waals surface area contributed by atoms with Gasteiger partial charge in [-0.3, -0.25) is 4.98 Å². The molecule has 1 aliphatic heterocycles. The monoisotopic (exact) mass is 270 g/mol. The Morgan fingerprint density at radius 3 is 3.10 bits per heavy atom. The van der Waals surface area contributed by atoms with Crippen molar-refractivity contribution in [1.82, 2.24) is 10.3 Å². The summed E-state index contributed by atoms with van der Waals surface area (Å²) < 4.78 is 11.1. The highest BCUT2D eigenvalue weighted by molar-refractivity contribution is 5.49. The number of nitrogens with zero attached hydrogens (tertiary/aromatic N) is 1. The Bertz CT molecular complexity index is 572. The summed E-state index contributed by atoms with van der Waals surface area (Å²) in [5, 5.41) is 3.57. The van der Waals surface area contributed by atoms with Crippen molar-refractivity contribution in [2.45, 2.75) is 19.0 Å². The quantitative estimate of drug-likeness (QED) is 0.927. The molecule has 1 aromatic heterocycles. The highest BCUT2D eigenvalue weighted by Crippen LogP contribution is 2.39. The van der Waals surface area contributed by atoms with Crippen LogP contribution in [0.4, 0.5) is 0 Å². The SMILES string of the molecule is COc1cccc2c1OCCC2NCc1cccnc1. The Morgan fingerprint density at radius 1 is 1.35 bits per heavy atom. The first kappa shape index (κ1) is 12.9. The van der Waals surface area contributed by atoms with Crippen LogP contribution in [0.15, 0.2) is 42.7 Å². The van der Waals surface area contributed by atoms with Gasteiger partial charge in [0.2, 0.25) is 0 Å². The molecule has 2 heterocycles. The minimum atomic E-state index is 0.286. The second-order valence-corrected chi connectivity index (χ2v) is 4.81. The lowest BCUT2D eigenvalue weighted by atomic mass is 10.00. The number of methoxy groups -OCH3 is 1. The van der Waals surface area contributed by atoms with Crippen LogP contribution in [-0.2, 0) is 6.54 Å². The van der Waals surface area contributed by atoms with Crippen molar-refractivity contribution in [2.24, 2.45) is 0 Å². The van der Waals surface area contributed by atoms with Crippen LogP contribution in [0.25, 0.3) is 0 Å². The molecule has 0 aliphatic carbocycles. The van der Waals surface area contributed by atoms with E-state index in [-0.39, 0.29) is 6.04 Å². The Balaban J connectivity index is 1.77. The van der Waals surface area contributed by atoms with Gasteiger partial charge < -0.3 is 14.8 Å². The van der Waals surface area contributed by atoms with Gasteiger partial charge in [0, 0.05) is 37.0 Å². The average Bonchev–Trinajstić information content (AvgIpc) is 2.53. The van der Waals surface area contributed by atoms with Gasteiger partial charge in [0.05, 0.1) is 13.7 Å². The van der Waals surface area contributed by atoms with Gasteiger partial charge in [-0.15, -0.1) is 0 Å². The van der Waals surface area contributed by atoms with Crippen molar-refractivity contribution < 1.29 is 9.47 Å². The van der Waals surface area contributed by atoms with Crippen LogP contribution in [0.5, 0.6) is 11.5 Å². The van der Waals surface area contributed by atoms with Gasteiger partial charge in [0.25, 0.3) is 0 Å². The number of rotatable bonds is 4. The largest absolute Gasteiger partial charge is 0.493 e. The molecule has 3 rings (SSSR count). The fraction of sp³-hybridized carbons (Fsp3) is 0.312. The third-order valence-electron chi connectivity index (χ3n) is 3.53. The number of pyridine rings is 1. The molecule has 1 unspecified atom stereocenters. The highest BCUT2D eigenvalue weighted by Gasteiger charge is 2.23. The smallest absolute Gasteiger partial charge is 0.165 e. The first-order valence-corrected chi connectivity index (χ1v) is 6.80. The summed E-state index contributed by atoms with van der Waals surface area (Å²) in [5.74, 6) is 1.67. The number of aromatic nitrogens is 1. The molecule has 1 N–H and O–H groups in total. The maximum atomic E-state index is 5.75. The van der Waals surface area contributed by atoms with E-state index in [0.717, 1.165) is 24.5 Å². The van der Waals surface area contributed by atoms with E-state index in [1.807, 2.05) is 24.4 Å². The van der Waals surface area contributed by atoms with E-state index in [0.29, 0.717) is 6.61 Å². The van der Waals surface area contributed by atoms with E-state index < -0.39 is 0 Å². The lowest BCUT2D eigenvalue weighted by Crippen LogP contribution is -2.27. The summed E-state index contributed by atoms with van der Waals surface area (Å²) in [7, 11) is 1.67. The van der Waals surface area contributed by atoms with Gasteiger partial charge in [-0.2, -0.15) is 0 Å². The fourth-order valence-corrected chi connectivity index (χ4v) is 2.51. The number of hydrogen-bond donors (Lipinski definition) is 1. The van der Waals surface area contributed by atoms with Crippen LogP contribution >= 0.6 is 0 Å². The number of hydrogen-bond acceptors (Lipinski definition) is 4. The minimum absolute atomic E-state index is 0.286. The van der Waals surface area contributed by atoms with Crippen LogP contribution in [0.1, 0.15) is 23.6 Å². The summed E-state index contributed by atoms with van der Waals surface area (Å²) >= 11 is 0. The second-order valence-electron chi connectivity index (χ2n) is 4.81. The van der Waals surface area contributed by atoms with Gasteiger partial charge in [0.1, 0.15) is 0 Å². The number of ether oxygens (including phenoxy) is 2. The zero-order valence-electron chi connectivity index (χ0n) is 11.5. The standard InChI is InChI=1S/C16H18N2O2/c1-19-15-6-2-5-13-14(7-9-20-16(13)15)18-11-12-4-3-8-17-10-12/h2-6,8,10,14,18H,7,9,11H2,1H3. The van der Waals surface area contributed by atoms with Crippen molar-refractivity contribution in [3.8, 4) is 11.5 Å². The molecule has 0 saturated carbocycles. The van der Waals surface area contributed by atoms with Crippen molar-refractivity contribution in [3.05, 3.63) is 53.9 Å². The van der Waals surface area contributed by atoms with E-state index in [9.17, 15) is 0 Å². The third kappa shape index (κ3) is 2.60. The average molecular weight is 270 g/mol. The summed E-state index contributed by atoms with van der Waals surface area (Å²) in [6.07, 6.45) is 4.64. The zero-order chi connectivity index (χ0) is 13.8. The van der Waals surface area contributed by atoms with Crippen LogP contribution in [0.3, 0.4) is 0 Å². The van der Waals surface area contributed by atoms with E-state index >= 15 is 0 Å². The number of fused-ring (bicyclic) bond motifs is 1. The maximum absolute atomic E-state index is 5.75. The molecule has 0 radical (unpaired) electrons. The topological polar surface area (TPSA) is 43.4 Å². The maximum Gasteiger partial charge on any atom is 0.165 e. The summed E-state index contributed by atoms with van der Waals surface area (Å²) in [4.78, 5) is 4.14. The highest BCUT2D eigenvalue weighted by atomic mass is 16.5. The molecule has 104 valence electrons. The van der Waals surface area contributed by atoms with E-state index in [2.05, 4.69) is 22.4 Å². The molecule has 4 heteroatoms. The van der Waals surface area contributed by atoms with Crippen LogP contribution in [0.2, 0.25) is 0 Å². The molecule has 0 amide bonds. The Hall–Kier alpha value is -2.07. The fourth-order valence-electron chi connectivity index (χ4n) is 2.51. The molecule has 2 aromatic rings. The molecular formula is C16H18N2O2. The Morgan fingerprint density at radius 2 is 2.30 bits per heavy atom. The molecule has 20 heavy (non-hydrogen) atoms. The molecule has 0 spiro atoms. The van der Waals surface area contributed by atoms with Gasteiger partial charge in [0.15, 0.2) is 11.5 Å². The predicted octanol–water partition coefficient (Wildman–Crippen LogP) is 2.70. The van der Waals surface area contributed by atoms with Gasteiger partial charge in [-0.05, 0) is 17.7 Å². The summed E-state index contributed by atoms with van der Waals surface area (Å²) in [5.41, 5.74) is 2.35. The molecule has 1 aromatic carbocycles. The molecule has 0 bridgehead atoms. The lowest BCUT2D eigenvalue weighted by Gasteiger charge is -2.28. The zero-order valence-corrected chi connectivity index (χ0v) is 11.5. The molecule has 0 saturated heterocycles. The Labute approximate surface area is 118 Å². The van der Waals surface area contributed by atoms with E-state index in [1.54, 1.807) is 13.3 Å². The first-order valence-electron chi connectivity index (χ1n) is 6.80. The number of benzene rings is 1. The second kappa shape index (κ2) is 5.92. The summed E-state index contributed by atoms with van der Waals surface area (Å²) in [6.45, 7) is 1.51. The van der Waals surface area contributed by atoms with Crippen LogP contribution < -0.4 is 14.8 Å². The van der Waals surface area contributed by atoms with E-state index in [4.69, 9.17) is 9.47 Å². The molecule has 1 atom stereocenters. The van der Waals surface area contributed by atoms with E-state index in [1.165, 1.54) is 11.1 Å².